The van der Waals surface area contributed by atoms with E-state index in [2.05, 4.69) is 10.0 Å². The standard InChI is InChI=1S/C28H33N5O6S/c1-32(2)26(34)19-21-10-12-22(13-11-21)30-40(37,38)31-28(36)29-25(18-20-8-6-5-7-9-20)27(35)33(3)23-14-16-24(39-4)17-15-23/h5-17,25,30H,18-19H2,1-4H3,(H2,29,31,36)/t25-/m0/s1. The number of rotatable bonds is 11. The fourth-order valence-corrected chi connectivity index (χ4v) is 4.53. The smallest absolute Gasteiger partial charge is 0.330 e. The second kappa shape index (κ2) is 13.5. The van der Waals surface area contributed by atoms with Crippen molar-refractivity contribution < 1.29 is 27.5 Å². The number of anilines is 2. The predicted octanol–water partition coefficient (Wildman–Crippen LogP) is 2.56. The number of hydrogen-bond donors (Lipinski definition) is 3. The summed E-state index contributed by atoms with van der Waals surface area (Å²) in [6, 6.07) is 19.9. The average molecular weight is 568 g/mol. The second-order valence-electron chi connectivity index (χ2n) is 9.18. The lowest BCUT2D eigenvalue weighted by Crippen LogP contribution is -2.53. The second-order valence-corrected chi connectivity index (χ2v) is 10.6. The van der Waals surface area contributed by atoms with Crippen LogP contribution in [0.25, 0.3) is 0 Å². The van der Waals surface area contributed by atoms with E-state index < -0.39 is 28.2 Å². The van der Waals surface area contributed by atoms with Crippen LogP contribution in [0.15, 0.2) is 78.9 Å². The number of nitrogens with zero attached hydrogens (tertiary/aromatic N) is 2. The van der Waals surface area contributed by atoms with Crippen LogP contribution >= 0.6 is 0 Å². The highest BCUT2D eigenvalue weighted by molar-refractivity contribution is 7.91. The van der Waals surface area contributed by atoms with E-state index in [9.17, 15) is 22.8 Å². The first-order chi connectivity index (χ1) is 19.0. The van der Waals surface area contributed by atoms with E-state index in [1.807, 2.05) is 10.8 Å². The molecular weight excluding hydrogens is 534 g/mol. The molecule has 0 spiro atoms. The Bertz CT molecular complexity index is 1410. The van der Waals surface area contributed by atoms with Crippen LogP contribution in [-0.2, 0) is 32.6 Å². The summed E-state index contributed by atoms with van der Waals surface area (Å²) in [6.07, 6.45) is 0.302. The molecule has 11 nitrogen and oxygen atoms in total. The number of ether oxygens (including phenoxy) is 1. The van der Waals surface area contributed by atoms with Crippen molar-refractivity contribution >= 4 is 39.4 Å². The molecule has 0 fully saturated rings. The molecule has 3 rings (SSSR count). The van der Waals surface area contributed by atoms with Crippen LogP contribution in [0.3, 0.4) is 0 Å². The minimum absolute atomic E-state index is 0.0936. The van der Waals surface area contributed by atoms with Crippen molar-refractivity contribution in [1.82, 2.24) is 14.9 Å². The van der Waals surface area contributed by atoms with E-state index in [4.69, 9.17) is 4.74 Å². The summed E-state index contributed by atoms with van der Waals surface area (Å²) in [5, 5.41) is 2.49. The van der Waals surface area contributed by atoms with Gasteiger partial charge in [0.2, 0.25) is 11.8 Å². The Morgan fingerprint density at radius 3 is 2.05 bits per heavy atom. The molecule has 3 N–H and O–H groups in total. The van der Waals surface area contributed by atoms with Crippen LogP contribution in [0, 0.1) is 0 Å². The van der Waals surface area contributed by atoms with Gasteiger partial charge in [-0.1, -0.05) is 42.5 Å². The highest BCUT2D eigenvalue weighted by atomic mass is 32.2. The number of benzene rings is 3. The summed E-state index contributed by atoms with van der Waals surface area (Å²) in [7, 11) is 2.07. The Morgan fingerprint density at radius 2 is 1.48 bits per heavy atom. The lowest BCUT2D eigenvalue weighted by Gasteiger charge is -2.25. The molecule has 3 aromatic carbocycles. The molecular formula is C28H33N5O6S. The molecule has 12 heteroatoms. The Labute approximate surface area is 234 Å². The number of likely N-dealkylation sites (N-methyl/N-ethyl adjacent to an activating group) is 2. The highest BCUT2D eigenvalue weighted by Gasteiger charge is 2.27. The van der Waals surface area contributed by atoms with Gasteiger partial charge in [-0.15, -0.1) is 0 Å². The summed E-state index contributed by atoms with van der Waals surface area (Å²) < 4.78 is 34.6. The predicted molar refractivity (Wildman–Crippen MR) is 153 cm³/mol. The number of methoxy groups -OCH3 is 1. The third kappa shape index (κ3) is 8.73. The van der Waals surface area contributed by atoms with E-state index in [1.54, 1.807) is 81.8 Å². The van der Waals surface area contributed by atoms with Crippen LogP contribution in [0.5, 0.6) is 5.75 Å². The summed E-state index contributed by atoms with van der Waals surface area (Å²) >= 11 is 0. The minimum atomic E-state index is -4.33. The normalized spacial score (nSPS) is 11.6. The zero-order valence-electron chi connectivity index (χ0n) is 22.7. The molecule has 0 radical (unpaired) electrons. The number of urea groups is 1. The zero-order chi connectivity index (χ0) is 29.3. The molecule has 4 amide bonds. The molecule has 3 aromatic rings. The maximum atomic E-state index is 13.4. The first kappa shape index (κ1) is 30.0. The van der Waals surface area contributed by atoms with E-state index in [0.717, 1.165) is 5.56 Å². The van der Waals surface area contributed by atoms with Gasteiger partial charge in [0, 0.05) is 33.3 Å². The summed E-state index contributed by atoms with van der Waals surface area (Å²) in [5.74, 6) is 0.0821. The van der Waals surface area contributed by atoms with Gasteiger partial charge in [-0.25, -0.2) is 9.52 Å². The lowest BCUT2D eigenvalue weighted by atomic mass is 10.0. The lowest BCUT2D eigenvalue weighted by molar-refractivity contribution is -0.128. The first-order valence-corrected chi connectivity index (χ1v) is 13.8. The number of amides is 4. The third-order valence-electron chi connectivity index (χ3n) is 5.96. The van der Waals surface area contributed by atoms with Crippen LogP contribution in [0.1, 0.15) is 11.1 Å². The Morgan fingerprint density at radius 1 is 0.850 bits per heavy atom. The Balaban J connectivity index is 1.69. The van der Waals surface area contributed by atoms with Crippen molar-refractivity contribution in [3.8, 4) is 5.75 Å². The van der Waals surface area contributed by atoms with Gasteiger partial charge in [-0.05, 0) is 47.5 Å². The first-order valence-electron chi connectivity index (χ1n) is 12.3. The molecule has 0 saturated carbocycles. The van der Waals surface area contributed by atoms with Crippen molar-refractivity contribution in [1.29, 1.82) is 0 Å². The molecule has 0 aromatic heterocycles. The van der Waals surface area contributed by atoms with Crippen molar-refractivity contribution in [3.63, 3.8) is 0 Å². The molecule has 0 heterocycles. The number of carbonyl (C=O) groups excluding carboxylic acids is 3. The zero-order valence-corrected chi connectivity index (χ0v) is 23.6. The molecule has 0 unspecified atom stereocenters. The topological polar surface area (TPSA) is 137 Å². The van der Waals surface area contributed by atoms with Gasteiger partial charge in [0.15, 0.2) is 0 Å². The fraction of sp³-hybridized carbons (Fsp3) is 0.250. The van der Waals surface area contributed by atoms with Gasteiger partial charge < -0.3 is 19.9 Å². The molecule has 40 heavy (non-hydrogen) atoms. The number of hydrogen-bond acceptors (Lipinski definition) is 6. The van der Waals surface area contributed by atoms with Gasteiger partial charge in [0.1, 0.15) is 11.8 Å². The molecule has 0 bridgehead atoms. The van der Waals surface area contributed by atoms with Gasteiger partial charge in [0.25, 0.3) is 0 Å². The van der Waals surface area contributed by atoms with Gasteiger partial charge >= 0.3 is 16.2 Å². The monoisotopic (exact) mass is 567 g/mol. The SMILES string of the molecule is COc1ccc(N(C)C(=O)[C@H](Cc2ccccc2)NC(=O)NS(=O)(=O)Nc2ccc(CC(=O)N(C)C)cc2)cc1. The summed E-state index contributed by atoms with van der Waals surface area (Å²) in [6.45, 7) is 0. The Kier molecular flexibility index (Phi) is 10.1. The summed E-state index contributed by atoms with van der Waals surface area (Å²) in [4.78, 5) is 40.9. The van der Waals surface area contributed by atoms with Crippen molar-refractivity contribution in [3.05, 3.63) is 90.0 Å². The maximum Gasteiger partial charge on any atom is 0.330 e. The van der Waals surface area contributed by atoms with E-state index in [0.29, 0.717) is 17.0 Å². The summed E-state index contributed by atoms with van der Waals surface area (Å²) in [5.41, 5.74) is 2.24. The minimum Gasteiger partial charge on any atom is -0.497 e. The van der Waals surface area contributed by atoms with E-state index >= 15 is 0 Å². The maximum absolute atomic E-state index is 13.4. The van der Waals surface area contributed by atoms with Gasteiger partial charge in [-0.2, -0.15) is 8.42 Å². The van der Waals surface area contributed by atoms with E-state index in [1.165, 1.54) is 29.0 Å². The largest absolute Gasteiger partial charge is 0.497 e. The molecule has 0 aliphatic heterocycles. The van der Waals surface area contributed by atoms with Gasteiger partial charge in [0.05, 0.1) is 19.2 Å². The molecule has 212 valence electrons. The molecule has 0 saturated heterocycles. The number of nitrogens with one attached hydrogen (secondary N) is 3. The molecule has 0 aliphatic rings. The number of carbonyl (C=O) groups is 3. The molecule has 0 aliphatic carbocycles. The van der Waals surface area contributed by atoms with Crippen molar-refractivity contribution in [2.75, 3.05) is 37.9 Å². The quantitative estimate of drug-likeness (QED) is 0.326. The fourth-order valence-electron chi connectivity index (χ4n) is 3.73. The van der Waals surface area contributed by atoms with Crippen LogP contribution in [0.4, 0.5) is 16.2 Å². The van der Waals surface area contributed by atoms with Crippen molar-refractivity contribution in [2.45, 2.75) is 18.9 Å². The van der Waals surface area contributed by atoms with Crippen LogP contribution in [0.2, 0.25) is 0 Å². The highest BCUT2D eigenvalue weighted by Crippen LogP contribution is 2.19. The van der Waals surface area contributed by atoms with Gasteiger partial charge in [-0.3, -0.25) is 14.3 Å². The Hall–Kier alpha value is -4.58. The van der Waals surface area contributed by atoms with Crippen LogP contribution < -0.4 is 24.4 Å². The molecule has 1 atom stereocenters. The third-order valence-corrected chi connectivity index (χ3v) is 6.92. The van der Waals surface area contributed by atoms with Crippen molar-refractivity contribution in [2.24, 2.45) is 0 Å². The van der Waals surface area contributed by atoms with Crippen LogP contribution in [-0.4, -0.2) is 65.5 Å². The average Bonchev–Trinajstić information content (AvgIpc) is 2.93. The van der Waals surface area contributed by atoms with E-state index in [-0.39, 0.29) is 24.4 Å².